The molecule has 2 heterocycles. The van der Waals surface area contributed by atoms with Crippen molar-refractivity contribution in [2.75, 3.05) is 11.9 Å². The van der Waals surface area contributed by atoms with Gasteiger partial charge in [-0.2, -0.15) is 0 Å². The van der Waals surface area contributed by atoms with Crippen LogP contribution < -0.4 is 15.4 Å². The molecule has 0 saturated carbocycles. The van der Waals surface area contributed by atoms with Crippen LogP contribution in [0.15, 0.2) is 24.3 Å². The van der Waals surface area contributed by atoms with Crippen LogP contribution in [-0.2, 0) is 4.79 Å². The SMILES string of the molecule is CCCOc1ccc(NC(=O)CC2CC3CCC(C2)N3)cc1. The second-order valence-electron chi connectivity index (χ2n) is 6.60. The van der Waals surface area contributed by atoms with Gasteiger partial charge >= 0.3 is 0 Å². The molecule has 0 aromatic heterocycles. The molecule has 0 radical (unpaired) electrons. The van der Waals surface area contributed by atoms with Gasteiger partial charge in [0, 0.05) is 24.2 Å². The van der Waals surface area contributed by atoms with Crippen LogP contribution in [0.4, 0.5) is 5.69 Å². The van der Waals surface area contributed by atoms with Crippen molar-refractivity contribution in [3.63, 3.8) is 0 Å². The van der Waals surface area contributed by atoms with Gasteiger partial charge in [0.1, 0.15) is 5.75 Å². The number of ether oxygens (including phenoxy) is 1. The third-order valence-corrected chi connectivity index (χ3v) is 4.66. The molecule has 2 atom stereocenters. The molecule has 2 N–H and O–H groups in total. The van der Waals surface area contributed by atoms with Crippen LogP contribution in [0, 0.1) is 5.92 Å². The minimum Gasteiger partial charge on any atom is -0.494 e. The Labute approximate surface area is 132 Å². The fourth-order valence-corrected chi connectivity index (χ4v) is 3.67. The fraction of sp³-hybridized carbons (Fsp3) is 0.611. The van der Waals surface area contributed by atoms with Gasteiger partial charge in [0.2, 0.25) is 5.91 Å². The predicted octanol–water partition coefficient (Wildman–Crippen LogP) is 3.33. The summed E-state index contributed by atoms with van der Waals surface area (Å²) < 4.78 is 5.55. The van der Waals surface area contributed by atoms with E-state index in [2.05, 4.69) is 17.6 Å². The van der Waals surface area contributed by atoms with E-state index in [-0.39, 0.29) is 5.91 Å². The first kappa shape index (κ1) is 15.3. The first-order chi connectivity index (χ1) is 10.7. The highest BCUT2D eigenvalue weighted by Crippen LogP contribution is 2.32. The summed E-state index contributed by atoms with van der Waals surface area (Å²) in [7, 11) is 0. The molecular weight excluding hydrogens is 276 g/mol. The molecule has 2 fully saturated rings. The lowest BCUT2D eigenvalue weighted by molar-refractivity contribution is -0.117. The minimum absolute atomic E-state index is 0.133. The molecule has 2 saturated heterocycles. The lowest BCUT2D eigenvalue weighted by Crippen LogP contribution is -2.39. The molecule has 0 aliphatic carbocycles. The van der Waals surface area contributed by atoms with Crippen molar-refractivity contribution in [2.24, 2.45) is 5.92 Å². The molecule has 1 aromatic rings. The molecule has 2 unspecified atom stereocenters. The van der Waals surface area contributed by atoms with Crippen molar-refractivity contribution in [3.8, 4) is 5.75 Å². The zero-order valence-corrected chi connectivity index (χ0v) is 13.3. The van der Waals surface area contributed by atoms with Gasteiger partial charge in [-0.3, -0.25) is 4.79 Å². The molecule has 22 heavy (non-hydrogen) atoms. The van der Waals surface area contributed by atoms with Crippen LogP contribution >= 0.6 is 0 Å². The first-order valence-corrected chi connectivity index (χ1v) is 8.51. The molecular formula is C18H26N2O2. The number of amides is 1. The number of rotatable bonds is 6. The van der Waals surface area contributed by atoms with E-state index in [4.69, 9.17) is 4.74 Å². The summed E-state index contributed by atoms with van der Waals surface area (Å²) in [5.41, 5.74) is 0.853. The largest absolute Gasteiger partial charge is 0.494 e. The zero-order valence-electron chi connectivity index (χ0n) is 13.3. The van der Waals surface area contributed by atoms with Crippen molar-refractivity contribution >= 4 is 11.6 Å². The maximum absolute atomic E-state index is 12.2. The summed E-state index contributed by atoms with van der Waals surface area (Å²) in [5, 5.41) is 6.63. The number of anilines is 1. The topological polar surface area (TPSA) is 50.4 Å². The summed E-state index contributed by atoms with van der Waals surface area (Å²) in [6.07, 6.45) is 6.49. The molecule has 3 rings (SSSR count). The third-order valence-electron chi connectivity index (χ3n) is 4.66. The van der Waals surface area contributed by atoms with E-state index in [1.54, 1.807) is 0 Å². The summed E-state index contributed by atoms with van der Waals surface area (Å²) in [6.45, 7) is 2.81. The number of hydrogen-bond donors (Lipinski definition) is 2. The van der Waals surface area contributed by atoms with Gasteiger partial charge in [-0.15, -0.1) is 0 Å². The summed E-state index contributed by atoms with van der Waals surface area (Å²) in [5.74, 6) is 1.52. The summed E-state index contributed by atoms with van der Waals surface area (Å²) >= 11 is 0. The maximum Gasteiger partial charge on any atom is 0.224 e. The Balaban J connectivity index is 1.47. The van der Waals surface area contributed by atoms with Gasteiger partial charge in [-0.05, 0) is 62.3 Å². The average Bonchev–Trinajstić information content (AvgIpc) is 2.85. The van der Waals surface area contributed by atoms with Gasteiger partial charge in [0.25, 0.3) is 0 Å². The van der Waals surface area contributed by atoms with Crippen LogP contribution in [-0.4, -0.2) is 24.6 Å². The van der Waals surface area contributed by atoms with Gasteiger partial charge < -0.3 is 15.4 Å². The molecule has 2 bridgehead atoms. The monoisotopic (exact) mass is 302 g/mol. The predicted molar refractivity (Wildman–Crippen MR) is 88.1 cm³/mol. The Kier molecular flexibility index (Phi) is 4.98. The lowest BCUT2D eigenvalue weighted by Gasteiger charge is -2.28. The second-order valence-corrected chi connectivity index (χ2v) is 6.60. The molecule has 1 aromatic carbocycles. The van der Waals surface area contributed by atoms with E-state index in [9.17, 15) is 4.79 Å². The smallest absolute Gasteiger partial charge is 0.224 e. The Hall–Kier alpha value is -1.55. The van der Waals surface area contributed by atoms with Crippen molar-refractivity contribution in [2.45, 2.75) is 57.5 Å². The lowest BCUT2D eigenvalue weighted by atomic mass is 9.89. The standard InChI is InChI=1S/C18H26N2O2/c1-2-9-22-17-7-5-14(6-8-17)20-18(21)12-13-10-15-3-4-16(11-13)19-15/h5-8,13,15-16,19H,2-4,9-12H2,1H3,(H,20,21). The normalized spacial score (nSPS) is 26.7. The Morgan fingerprint density at radius 3 is 2.55 bits per heavy atom. The van der Waals surface area contributed by atoms with Crippen LogP contribution in [0.1, 0.15) is 45.4 Å². The fourth-order valence-electron chi connectivity index (χ4n) is 3.67. The van der Waals surface area contributed by atoms with E-state index in [1.807, 2.05) is 24.3 Å². The highest BCUT2D eigenvalue weighted by Gasteiger charge is 2.34. The van der Waals surface area contributed by atoms with Crippen LogP contribution in [0.2, 0.25) is 0 Å². The second kappa shape index (κ2) is 7.14. The number of nitrogens with one attached hydrogen (secondary N) is 2. The molecule has 4 nitrogen and oxygen atoms in total. The molecule has 1 amide bonds. The van der Waals surface area contributed by atoms with Gasteiger partial charge in [-0.25, -0.2) is 0 Å². The summed E-state index contributed by atoms with van der Waals surface area (Å²) in [6, 6.07) is 8.94. The van der Waals surface area contributed by atoms with E-state index in [0.29, 0.717) is 24.4 Å². The number of hydrogen-bond acceptors (Lipinski definition) is 3. The number of piperidine rings is 1. The number of benzene rings is 1. The molecule has 2 aliphatic rings. The summed E-state index contributed by atoms with van der Waals surface area (Å²) in [4.78, 5) is 12.2. The van der Waals surface area contributed by atoms with Gasteiger partial charge in [0.15, 0.2) is 0 Å². The van der Waals surface area contributed by atoms with E-state index in [0.717, 1.165) is 37.3 Å². The highest BCUT2D eigenvalue weighted by atomic mass is 16.5. The van der Waals surface area contributed by atoms with Gasteiger partial charge in [-0.1, -0.05) is 6.92 Å². The molecule has 4 heteroatoms. The van der Waals surface area contributed by atoms with Crippen LogP contribution in [0.3, 0.4) is 0 Å². The Bertz CT molecular complexity index is 488. The van der Waals surface area contributed by atoms with Crippen molar-refractivity contribution in [1.82, 2.24) is 5.32 Å². The minimum atomic E-state index is 0.133. The van der Waals surface area contributed by atoms with E-state index < -0.39 is 0 Å². The number of carbonyl (C=O) groups is 1. The molecule has 0 spiro atoms. The van der Waals surface area contributed by atoms with Gasteiger partial charge in [0.05, 0.1) is 6.61 Å². The quantitative estimate of drug-likeness (QED) is 0.847. The van der Waals surface area contributed by atoms with Crippen molar-refractivity contribution in [1.29, 1.82) is 0 Å². The van der Waals surface area contributed by atoms with E-state index >= 15 is 0 Å². The molecule has 2 aliphatic heterocycles. The Morgan fingerprint density at radius 2 is 1.91 bits per heavy atom. The maximum atomic E-state index is 12.2. The third kappa shape index (κ3) is 4.01. The number of carbonyl (C=O) groups excluding carboxylic acids is 1. The first-order valence-electron chi connectivity index (χ1n) is 8.51. The van der Waals surface area contributed by atoms with E-state index in [1.165, 1.54) is 12.8 Å². The Morgan fingerprint density at radius 1 is 1.23 bits per heavy atom. The van der Waals surface area contributed by atoms with Crippen molar-refractivity contribution < 1.29 is 9.53 Å². The van der Waals surface area contributed by atoms with Crippen LogP contribution in [0.25, 0.3) is 0 Å². The zero-order chi connectivity index (χ0) is 15.4. The highest BCUT2D eigenvalue weighted by molar-refractivity contribution is 5.90. The van der Waals surface area contributed by atoms with Crippen LogP contribution in [0.5, 0.6) is 5.75 Å². The average molecular weight is 302 g/mol. The van der Waals surface area contributed by atoms with Crippen molar-refractivity contribution in [3.05, 3.63) is 24.3 Å². The molecule has 120 valence electrons. The number of fused-ring (bicyclic) bond motifs is 2.